The summed E-state index contributed by atoms with van der Waals surface area (Å²) in [6.07, 6.45) is 1.98. The maximum Gasteiger partial charge on any atom is 0.139 e. The molecule has 116 valence electrons. The first-order chi connectivity index (χ1) is 10.4. The van der Waals surface area contributed by atoms with Crippen molar-refractivity contribution in [3.05, 3.63) is 59.2 Å². The van der Waals surface area contributed by atoms with Crippen LogP contribution in [0.4, 0.5) is 5.69 Å². The highest BCUT2D eigenvalue weighted by Crippen LogP contribution is 2.46. The molecule has 0 saturated heterocycles. The zero-order valence-electron chi connectivity index (χ0n) is 13.7. The van der Waals surface area contributed by atoms with Crippen molar-refractivity contribution in [2.45, 2.75) is 39.5 Å². The highest BCUT2D eigenvalue weighted by Gasteiger charge is 2.31. The van der Waals surface area contributed by atoms with Crippen LogP contribution in [0.2, 0.25) is 0 Å². The lowest BCUT2D eigenvalue weighted by atomic mass is 9.72. The van der Waals surface area contributed by atoms with E-state index in [0.717, 1.165) is 25.1 Å². The molecule has 2 aromatic carbocycles. The van der Waals surface area contributed by atoms with Crippen LogP contribution in [0.15, 0.2) is 42.5 Å². The Bertz CT molecular complexity index is 655. The zero-order chi connectivity index (χ0) is 15.7. The van der Waals surface area contributed by atoms with E-state index in [0.29, 0.717) is 11.7 Å². The Hall–Kier alpha value is -1.96. The number of fused-ring (bicyclic) bond motifs is 1. The third-order valence-electron chi connectivity index (χ3n) is 4.61. The summed E-state index contributed by atoms with van der Waals surface area (Å²) in [4.78, 5) is 0. The molecular weight excluding hydrogens is 270 g/mol. The fourth-order valence-corrected chi connectivity index (χ4v) is 3.51. The number of nitrogens with one attached hydrogen (secondary N) is 1. The SMILES string of the molecule is CC(C)(C)C1CCNc2c(O)cc(Cc3ccccc3)cc21. The van der Waals surface area contributed by atoms with Crippen molar-refractivity contribution in [3.8, 4) is 5.75 Å². The fraction of sp³-hybridized carbons (Fsp3) is 0.400. The highest BCUT2D eigenvalue weighted by molar-refractivity contribution is 5.66. The Morgan fingerprint density at radius 2 is 1.82 bits per heavy atom. The van der Waals surface area contributed by atoms with Gasteiger partial charge in [-0.3, -0.25) is 0 Å². The number of hydrogen-bond acceptors (Lipinski definition) is 2. The van der Waals surface area contributed by atoms with E-state index in [9.17, 15) is 5.11 Å². The van der Waals surface area contributed by atoms with Gasteiger partial charge >= 0.3 is 0 Å². The van der Waals surface area contributed by atoms with Crippen LogP contribution in [-0.2, 0) is 6.42 Å². The lowest BCUT2D eigenvalue weighted by molar-refractivity contribution is 0.304. The predicted molar refractivity (Wildman–Crippen MR) is 92.7 cm³/mol. The van der Waals surface area contributed by atoms with Gasteiger partial charge in [0.1, 0.15) is 5.75 Å². The molecule has 0 fully saturated rings. The molecule has 1 atom stereocenters. The molecule has 2 nitrogen and oxygen atoms in total. The van der Waals surface area contributed by atoms with Crippen LogP contribution >= 0.6 is 0 Å². The molecule has 0 spiro atoms. The summed E-state index contributed by atoms with van der Waals surface area (Å²) in [5.41, 5.74) is 4.86. The van der Waals surface area contributed by atoms with Gasteiger partial charge in [0.05, 0.1) is 5.69 Å². The molecule has 1 aliphatic heterocycles. The van der Waals surface area contributed by atoms with Crippen LogP contribution in [0.1, 0.15) is 49.8 Å². The van der Waals surface area contributed by atoms with E-state index in [4.69, 9.17) is 0 Å². The molecular formula is C20H25NO. The van der Waals surface area contributed by atoms with Gasteiger partial charge in [0, 0.05) is 6.54 Å². The van der Waals surface area contributed by atoms with E-state index >= 15 is 0 Å². The summed E-state index contributed by atoms with van der Waals surface area (Å²) < 4.78 is 0. The molecule has 2 aromatic rings. The van der Waals surface area contributed by atoms with Crippen molar-refractivity contribution in [1.82, 2.24) is 0 Å². The molecule has 0 aromatic heterocycles. The number of hydrogen-bond donors (Lipinski definition) is 2. The van der Waals surface area contributed by atoms with Crippen LogP contribution in [0.25, 0.3) is 0 Å². The average Bonchev–Trinajstić information content (AvgIpc) is 2.47. The van der Waals surface area contributed by atoms with Gasteiger partial charge in [0.15, 0.2) is 0 Å². The second-order valence-corrected chi connectivity index (χ2v) is 7.38. The monoisotopic (exact) mass is 295 g/mol. The number of aromatic hydroxyl groups is 1. The van der Waals surface area contributed by atoms with Gasteiger partial charge in [-0.2, -0.15) is 0 Å². The van der Waals surface area contributed by atoms with Crippen molar-refractivity contribution in [2.75, 3.05) is 11.9 Å². The fourth-order valence-electron chi connectivity index (χ4n) is 3.51. The minimum Gasteiger partial charge on any atom is -0.506 e. The first-order valence-corrected chi connectivity index (χ1v) is 8.09. The Balaban J connectivity index is 2.00. The Labute approximate surface area is 133 Å². The largest absolute Gasteiger partial charge is 0.506 e. The van der Waals surface area contributed by atoms with Gasteiger partial charge < -0.3 is 10.4 Å². The molecule has 0 amide bonds. The van der Waals surface area contributed by atoms with Crippen LogP contribution < -0.4 is 5.32 Å². The van der Waals surface area contributed by atoms with Crippen LogP contribution in [0.5, 0.6) is 5.75 Å². The average molecular weight is 295 g/mol. The molecule has 0 bridgehead atoms. The number of phenols is 1. The molecule has 1 aliphatic rings. The summed E-state index contributed by atoms with van der Waals surface area (Å²) in [6.45, 7) is 7.79. The summed E-state index contributed by atoms with van der Waals surface area (Å²) >= 11 is 0. The van der Waals surface area contributed by atoms with Crippen molar-refractivity contribution in [2.24, 2.45) is 5.41 Å². The van der Waals surface area contributed by atoms with E-state index in [-0.39, 0.29) is 5.41 Å². The molecule has 1 heterocycles. The molecule has 2 N–H and O–H groups in total. The Kier molecular flexibility index (Phi) is 3.86. The Morgan fingerprint density at radius 3 is 2.50 bits per heavy atom. The van der Waals surface area contributed by atoms with E-state index in [1.807, 2.05) is 12.1 Å². The van der Waals surface area contributed by atoms with Crippen molar-refractivity contribution < 1.29 is 5.11 Å². The van der Waals surface area contributed by atoms with Gasteiger partial charge in [-0.05, 0) is 46.9 Å². The van der Waals surface area contributed by atoms with E-state index in [1.165, 1.54) is 16.7 Å². The molecule has 22 heavy (non-hydrogen) atoms. The highest BCUT2D eigenvalue weighted by atomic mass is 16.3. The van der Waals surface area contributed by atoms with E-state index < -0.39 is 0 Å². The Morgan fingerprint density at radius 1 is 1.09 bits per heavy atom. The van der Waals surface area contributed by atoms with Gasteiger partial charge in [-0.1, -0.05) is 57.2 Å². The van der Waals surface area contributed by atoms with Crippen molar-refractivity contribution in [3.63, 3.8) is 0 Å². The standard InChI is InChI=1S/C20H25NO/c1-20(2,3)17-9-10-21-19-16(17)12-15(13-18(19)22)11-14-7-5-4-6-8-14/h4-8,12-13,17,21-22H,9-11H2,1-3H3. The molecule has 3 rings (SSSR count). The summed E-state index contributed by atoms with van der Waals surface area (Å²) in [6, 6.07) is 14.6. The first-order valence-electron chi connectivity index (χ1n) is 8.09. The molecule has 0 radical (unpaired) electrons. The number of benzene rings is 2. The lowest BCUT2D eigenvalue weighted by Gasteiger charge is -2.36. The smallest absolute Gasteiger partial charge is 0.139 e. The van der Waals surface area contributed by atoms with Crippen molar-refractivity contribution in [1.29, 1.82) is 0 Å². The minimum absolute atomic E-state index is 0.203. The predicted octanol–water partition coefficient (Wildman–Crippen LogP) is 4.93. The second kappa shape index (κ2) is 5.68. The van der Waals surface area contributed by atoms with Gasteiger partial charge in [0.2, 0.25) is 0 Å². The van der Waals surface area contributed by atoms with Crippen molar-refractivity contribution >= 4 is 5.69 Å². The number of phenolic OH excluding ortho intramolecular Hbond substituents is 1. The van der Waals surface area contributed by atoms with E-state index in [1.54, 1.807) is 0 Å². The maximum atomic E-state index is 10.4. The molecule has 1 unspecified atom stereocenters. The van der Waals surface area contributed by atoms with Gasteiger partial charge in [0.25, 0.3) is 0 Å². The van der Waals surface area contributed by atoms with Gasteiger partial charge in [-0.25, -0.2) is 0 Å². The minimum atomic E-state index is 0.203. The molecule has 0 aliphatic carbocycles. The summed E-state index contributed by atoms with van der Waals surface area (Å²) in [5, 5.41) is 13.8. The third kappa shape index (κ3) is 2.96. The topological polar surface area (TPSA) is 32.3 Å². The van der Waals surface area contributed by atoms with Crippen LogP contribution in [0.3, 0.4) is 0 Å². The van der Waals surface area contributed by atoms with Crippen LogP contribution in [0, 0.1) is 5.41 Å². The van der Waals surface area contributed by atoms with Gasteiger partial charge in [-0.15, -0.1) is 0 Å². The first kappa shape index (κ1) is 15.0. The summed E-state index contributed by atoms with van der Waals surface area (Å²) in [5.74, 6) is 0.864. The number of rotatable bonds is 2. The van der Waals surface area contributed by atoms with E-state index in [2.05, 4.69) is 56.4 Å². The molecule has 0 saturated carbocycles. The molecule has 2 heteroatoms. The second-order valence-electron chi connectivity index (χ2n) is 7.38. The quantitative estimate of drug-likeness (QED) is 0.770. The van der Waals surface area contributed by atoms with Crippen LogP contribution in [-0.4, -0.2) is 11.7 Å². The number of anilines is 1. The summed E-state index contributed by atoms with van der Waals surface area (Å²) in [7, 11) is 0. The maximum absolute atomic E-state index is 10.4. The third-order valence-corrected chi connectivity index (χ3v) is 4.61. The lowest BCUT2D eigenvalue weighted by Crippen LogP contribution is -2.26. The normalized spacial score (nSPS) is 17.7. The zero-order valence-corrected chi connectivity index (χ0v) is 13.7.